The second-order valence-electron chi connectivity index (χ2n) is 5.17. The van der Waals surface area contributed by atoms with Crippen molar-refractivity contribution in [2.75, 3.05) is 32.3 Å². The highest BCUT2D eigenvalue weighted by molar-refractivity contribution is 5.53. The second-order valence-corrected chi connectivity index (χ2v) is 5.17. The maximum absolute atomic E-state index is 5.97. The molecule has 0 aliphatic carbocycles. The van der Waals surface area contributed by atoms with Crippen LogP contribution in [-0.2, 0) is 22.6 Å². The van der Waals surface area contributed by atoms with Crippen LogP contribution in [0.2, 0.25) is 0 Å². The predicted molar refractivity (Wildman–Crippen MR) is 71.8 cm³/mol. The molecule has 0 amide bonds. The van der Waals surface area contributed by atoms with Crippen molar-refractivity contribution in [3.05, 3.63) is 23.3 Å². The molecule has 2 N–H and O–H groups in total. The molecule has 1 fully saturated rings. The molecule has 0 radical (unpaired) electrons. The van der Waals surface area contributed by atoms with Crippen LogP contribution in [0.25, 0.3) is 0 Å². The van der Waals surface area contributed by atoms with Crippen molar-refractivity contribution in [3.63, 3.8) is 0 Å². The molecule has 0 bridgehead atoms. The van der Waals surface area contributed by atoms with E-state index in [1.807, 2.05) is 12.1 Å². The Morgan fingerprint density at radius 2 is 2.26 bits per heavy atom. The van der Waals surface area contributed by atoms with Crippen LogP contribution in [0, 0.1) is 0 Å². The van der Waals surface area contributed by atoms with Crippen LogP contribution >= 0.6 is 0 Å². The van der Waals surface area contributed by atoms with Crippen LogP contribution in [0.4, 0.5) is 5.69 Å². The maximum atomic E-state index is 5.97. The van der Waals surface area contributed by atoms with Gasteiger partial charge in [-0.1, -0.05) is 0 Å². The molecule has 104 valence electrons. The predicted octanol–water partition coefficient (Wildman–Crippen LogP) is 1.36. The zero-order chi connectivity index (χ0) is 13.2. The van der Waals surface area contributed by atoms with Gasteiger partial charge in [0, 0.05) is 35.9 Å². The third-order valence-electron chi connectivity index (χ3n) is 3.69. The number of rotatable bonds is 2. The van der Waals surface area contributed by atoms with Gasteiger partial charge in [0.05, 0.1) is 19.8 Å². The monoisotopic (exact) mass is 264 g/mol. The van der Waals surface area contributed by atoms with E-state index in [0.29, 0.717) is 19.4 Å². The number of nitrogen functional groups attached to an aromatic ring is 1. The van der Waals surface area contributed by atoms with E-state index in [-0.39, 0.29) is 0 Å². The number of fused-ring (bicyclic) bond motifs is 1. The molecule has 5 nitrogen and oxygen atoms in total. The van der Waals surface area contributed by atoms with Crippen LogP contribution < -0.4 is 10.5 Å². The van der Waals surface area contributed by atoms with Gasteiger partial charge in [-0.15, -0.1) is 0 Å². The zero-order valence-corrected chi connectivity index (χ0v) is 11.2. The first-order chi connectivity index (χ1) is 9.24. The summed E-state index contributed by atoms with van der Waals surface area (Å²) in [6.45, 7) is 6.45. The van der Waals surface area contributed by atoms with Crippen LogP contribution in [0.5, 0.6) is 5.75 Å². The summed E-state index contributed by atoms with van der Waals surface area (Å²) in [5, 5.41) is 0. The lowest BCUT2D eigenvalue weighted by atomic mass is 10.1. The molecule has 0 aromatic heterocycles. The molecular weight excluding hydrogens is 244 g/mol. The molecule has 1 unspecified atom stereocenters. The Labute approximate surface area is 113 Å². The zero-order valence-electron chi connectivity index (χ0n) is 11.2. The molecule has 5 heteroatoms. The smallest absolute Gasteiger partial charge is 0.189 e. The Hall–Kier alpha value is -1.30. The minimum atomic E-state index is 0.322. The van der Waals surface area contributed by atoms with Crippen molar-refractivity contribution in [2.45, 2.75) is 26.1 Å². The lowest BCUT2D eigenvalue weighted by Gasteiger charge is -2.34. The summed E-state index contributed by atoms with van der Waals surface area (Å²) in [6, 6.07) is 4.36. The Morgan fingerprint density at radius 1 is 1.37 bits per heavy atom. The Morgan fingerprint density at radius 3 is 3.11 bits per heavy atom. The SMILES string of the molecule is CC1COCCN1Cc1cc(N)cc2c1OCOC2. The summed E-state index contributed by atoms with van der Waals surface area (Å²) in [5.41, 5.74) is 8.92. The highest BCUT2D eigenvalue weighted by Crippen LogP contribution is 2.32. The summed E-state index contributed by atoms with van der Waals surface area (Å²) in [5.74, 6) is 0.944. The first kappa shape index (κ1) is 12.7. The third kappa shape index (κ3) is 2.68. The van der Waals surface area contributed by atoms with Gasteiger partial charge in [-0.25, -0.2) is 0 Å². The van der Waals surface area contributed by atoms with Crippen LogP contribution in [0.1, 0.15) is 18.1 Å². The van der Waals surface area contributed by atoms with Crippen molar-refractivity contribution < 1.29 is 14.2 Å². The second kappa shape index (κ2) is 5.36. The van der Waals surface area contributed by atoms with Gasteiger partial charge in [0.25, 0.3) is 0 Å². The lowest BCUT2D eigenvalue weighted by Crippen LogP contribution is -2.43. The van der Waals surface area contributed by atoms with E-state index >= 15 is 0 Å². The van der Waals surface area contributed by atoms with E-state index in [0.717, 1.165) is 48.9 Å². The Balaban J connectivity index is 1.85. The number of benzene rings is 1. The molecule has 1 atom stereocenters. The number of morpholine rings is 1. The Kier molecular flexibility index (Phi) is 3.59. The normalized spacial score (nSPS) is 23.7. The minimum absolute atomic E-state index is 0.322. The molecule has 1 aromatic carbocycles. The van der Waals surface area contributed by atoms with Gasteiger partial charge >= 0.3 is 0 Å². The van der Waals surface area contributed by atoms with Crippen molar-refractivity contribution in [1.82, 2.24) is 4.90 Å². The molecule has 19 heavy (non-hydrogen) atoms. The Bertz CT molecular complexity index is 464. The van der Waals surface area contributed by atoms with Gasteiger partial charge in [-0.05, 0) is 19.1 Å². The highest BCUT2D eigenvalue weighted by Gasteiger charge is 2.22. The minimum Gasteiger partial charge on any atom is -0.467 e. The van der Waals surface area contributed by atoms with Crippen LogP contribution in [-0.4, -0.2) is 37.5 Å². The summed E-state index contributed by atoms with van der Waals surface area (Å²) in [4.78, 5) is 2.40. The fourth-order valence-electron chi connectivity index (χ4n) is 2.66. The average Bonchev–Trinajstić information content (AvgIpc) is 2.41. The summed E-state index contributed by atoms with van der Waals surface area (Å²) < 4.78 is 16.4. The number of anilines is 1. The lowest BCUT2D eigenvalue weighted by molar-refractivity contribution is -0.0209. The molecular formula is C14H20N2O3. The topological polar surface area (TPSA) is 57.0 Å². The van der Waals surface area contributed by atoms with E-state index in [4.69, 9.17) is 19.9 Å². The van der Waals surface area contributed by atoms with Gasteiger partial charge in [0.1, 0.15) is 5.75 Å². The highest BCUT2D eigenvalue weighted by atomic mass is 16.7. The van der Waals surface area contributed by atoms with E-state index in [2.05, 4.69) is 11.8 Å². The number of hydrogen-bond acceptors (Lipinski definition) is 5. The molecule has 2 heterocycles. The quantitative estimate of drug-likeness (QED) is 0.817. The number of nitrogens with two attached hydrogens (primary N) is 1. The van der Waals surface area contributed by atoms with Gasteiger partial charge < -0.3 is 19.9 Å². The summed E-state index contributed by atoms with van der Waals surface area (Å²) in [7, 11) is 0. The number of hydrogen-bond donors (Lipinski definition) is 1. The standard InChI is InChI=1S/C14H20N2O3/c1-10-7-17-3-2-16(10)6-11-4-13(15)5-12-8-18-9-19-14(11)12/h4-5,10H,2-3,6-9,15H2,1H3. The van der Waals surface area contributed by atoms with Crippen LogP contribution in [0.3, 0.4) is 0 Å². The molecule has 3 rings (SSSR count). The van der Waals surface area contributed by atoms with Crippen molar-refractivity contribution >= 4 is 5.69 Å². The number of ether oxygens (including phenoxy) is 3. The average molecular weight is 264 g/mol. The van der Waals surface area contributed by atoms with Crippen molar-refractivity contribution in [2.24, 2.45) is 0 Å². The molecule has 0 spiro atoms. The van der Waals surface area contributed by atoms with Gasteiger partial charge in [-0.3, -0.25) is 4.90 Å². The van der Waals surface area contributed by atoms with Crippen LogP contribution in [0.15, 0.2) is 12.1 Å². The van der Waals surface area contributed by atoms with Gasteiger partial charge in [-0.2, -0.15) is 0 Å². The molecule has 1 saturated heterocycles. The van der Waals surface area contributed by atoms with E-state index < -0.39 is 0 Å². The first-order valence-electron chi connectivity index (χ1n) is 6.67. The molecule has 0 saturated carbocycles. The maximum Gasteiger partial charge on any atom is 0.189 e. The summed E-state index contributed by atoms with van der Waals surface area (Å²) in [6.07, 6.45) is 0. The fourth-order valence-corrected chi connectivity index (χ4v) is 2.66. The first-order valence-corrected chi connectivity index (χ1v) is 6.67. The fraction of sp³-hybridized carbons (Fsp3) is 0.571. The van der Waals surface area contributed by atoms with E-state index in [1.165, 1.54) is 0 Å². The third-order valence-corrected chi connectivity index (χ3v) is 3.69. The van der Waals surface area contributed by atoms with Crippen molar-refractivity contribution in [1.29, 1.82) is 0 Å². The number of nitrogens with zero attached hydrogens (tertiary/aromatic N) is 1. The molecule has 2 aliphatic heterocycles. The van der Waals surface area contributed by atoms with Crippen molar-refractivity contribution in [3.8, 4) is 5.75 Å². The van der Waals surface area contributed by atoms with Gasteiger partial charge in [0.2, 0.25) is 0 Å². The molecule has 2 aliphatic rings. The van der Waals surface area contributed by atoms with E-state index in [9.17, 15) is 0 Å². The van der Waals surface area contributed by atoms with E-state index in [1.54, 1.807) is 0 Å². The summed E-state index contributed by atoms with van der Waals surface area (Å²) >= 11 is 0. The van der Waals surface area contributed by atoms with Gasteiger partial charge in [0.15, 0.2) is 6.79 Å². The molecule has 1 aromatic rings. The largest absolute Gasteiger partial charge is 0.467 e.